The van der Waals surface area contributed by atoms with Crippen LogP contribution in [0, 0.1) is 0 Å². The number of ether oxygens (including phenoxy) is 3. The molecule has 0 saturated carbocycles. The summed E-state index contributed by atoms with van der Waals surface area (Å²) in [5.74, 6) is -1.47. The average Bonchev–Trinajstić information content (AvgIpc) is 3.27. The average molecular weight is 919 g/mol. The van der Waals surface area contributed by atoms with E-state index in [0.29, 0.717) is 19.3 Å². The van der Waals surface area contributed by atoms with Crippen LogP contribution in [0.25, 0.3) is 0 Å². The van der Waals surface area contributed by atoms with Crippen molar-refractivity contribution in [3.05, 3.63) is 24.3 Å². The molecule has 8 heteroatoms. The highest BCUT2D eigenvalue weighted by molar-refractivity contribution is 5.72. The lowest BCUT2D eigenvalue weighted by atomic mass is 10.0. The number of aliphatic carboxylic acids is 1. The summed E-state index contributed by atoms with van der Waals surface area (Å²) in [6.07, 6.45) is 56.7. The Morgan fingerprint density at radius 2 is 0.800 bits per heavy atom. The van der Waals surface area contributed by atoms with Crippen molar-refractivity contribution in [2.45, 2.75) is 283 Å². The molecule has 0 aliphatic rings. The van der Waals surface area contributed by atoms with Crippen LogP contribution in [0.3, 0.4) is 0 Å². The van der Waals surface area contributed by atoms with Gasteiger partial charge in [0.15, 0.2) is 12.1 Å². The molecule has 382 valence electrons. The Morgan fingerprint density at radius 3 is 1.15 bits per heavy atom. The highest BCUT2D eigenvalue weighted by Gasteiger charge is 2.31. The summed E-state index contributed by atoms with van der Waals surface area (Å²) in [4.78, 5) is 37.2. The summed E-state index contributed by atoms with van der Waals surface area (Å²) < 4.78 is 17.4. The van der Waals surface area contributed by atoms with Gasteiger partial charge in [-0.1, -0.05) is 237 Å². The van der Waals surface area contributed by atoms with Crippen LogP contribution >= 0.6 is 0 Å². The van der Waals surface area contributed by atoms with Gasteiger partial charge >= 0.3 is 17.9 Å². The van der Waals surface area contributed by atoms with Gasteiger partial charge in [0.2, 0.25) is 0 Å². The predicted octanol–water partition coefficient (Wildman–Crippen LogP) is 16.4. The lowest BCUT2D eigenvalue weighted by Gasteiger charge is -2.31. The first-order valence-electron chi connectivity index (χ1n) is 27.9. The van der Waals surface area contributed by atoms with Gasteiger partial charge in [0.25, 0.3) is 0 Å². The summed E-state index contributed by atoms with van der Waals surface area (Å²) in [7, 11) is 5.54. The molecule has 65 heavy (non-hydrogen) atoms. The SMILES string of the molecule is CCCCCCCCC/C=C/C=C/CCCCCCCC(=O)OCC(COCCC(C(=O)O)[N+](C)(C)C)OC(=O)CCCCCCCCCCCCCCCCCCCCCCCCC. The Morgan fingerprint density at radius 1 is 0.462 bits per heavy atom. The fourth-order valence-electron chi connectivity index (χ4n) is 8.56. The van der Waals surface area contributed by atoms with E-state index >= 15 is 0 Å². The quantitative estimate of drug-likeness (QED) is 0.0281. The van der Waals surface area contributed by atoms with E-state index in [2.05, 4.69) is 38.2 Å². The lowest BCUT2D eigenvalue weighted by molar-refractivity contribution is -0.887. The number of carboxylic acids is 1. The van der Waals surface area contributed by atoms with E-state index in [4.69, 9.17) is 14.2 Å². The van der Waals surface area contributed by atoms with Gasteiger partial charge in [0.1, 0.15) is 6.61 Å². The Hall–Kier alpha value is -2.19. The topological polar surface area (TPSA) is 99.1 Å². The third kappa shape index (κ3) is 46.7. The van der Waals surface area contributed by atoms with Gasteiger partial charge in [-0.05, 0) is 38.5 Å². The van der Waals surface area contributed by atoms with Gasteiger partial charge in [-0.25, -0.2) is 4.79 Å². The molecule has 2 unspecified atom stereocenters. The number of carbonyl (C=O) groups excluding carboxylic acids is 2. The highest BCUT2D eigenvalue weighted by atomic mass is 16.6. The van der Waals surface area contributed by atoms with E-state index < -0.39 is 18.1 Å². The molecular formula is C57H108NO7+. The van der Waals surface area contributed by atoms with Gasteiger partial charge in [-0.15, -0.1) is 0 Å². The minimum atomic E-state index is -0.873. The van der Waals surface area contributed by atoms with Crippen LogP contribution in [0.15, 0.2) is 24.3 Å². The van der Waals surface area contributed by atoms with Crippen LogP contribution in [0.5, 0.6) is 0 Å². The van der Waals surface area contributed by atoms with E-state index in [1.165, 1.54) is 180 Å². The number of esters is 2. The molecule has 0 heterocycles. The van der Waals surface area contributed by atoms with E-state index in [0.717, 1.165) is 57.8 Å². The van der Waals surface area contributed by atoms with Crippen molar-refractivity contribution in [1.82, 2.24) is 0 Å². The Bertz CT molecular complexity index is 1120. The van der Waals surface area contributed by atoms with Crippen LogP contribution < -0.4 is 0 Å². The highest BCUT2D eigenvalue weighted by Crippen LogP contribution is 2.17. The van der Waals surface area contributed by atoms with Crippen molar-refractivity contribution in [1.29, 1.82) is 0 Å². The van der Waals surface area contributed by atoms with Crippen LogP contribution in [0.1, 0.15) is 271 Å². The van der Waals surface area contributed by atoms with E-state index in [1.54, 1.807) is 0 Å². The molecule has 0 fully saturated rings. The van der Waals surface area contributed by atoms with Crippen molar-refractivity contribution < 1.29 is 38.2 Å². The molecule has 0 aromatic rings. The summed E-state index contributed by atoms with van der Waals surface area (Å²) in [5.41, 5.74) is 0. The maximum Gasteiger partial charge on any atom is 0.362 e. The second kappa shape index (κ2) is 48.3. The van der Waals surface area contributed by atoms with Gasteiger partial charge < -0.3 is 23.8 Å². The molecule has 0 bridgehead atoms. The van der Waals surface area contributed by atoms with Crippen LogP contribution in [0.2, 0.25) is 0 Å². The second-order valence-corrected chi connectivity index (χ2v) is 20.2. The number of hydrogen-bond donors (Lipinski definition) is 1. The zero-order valence-electron chi connectivity index (χ0n) is 43.7. The van der Waals surface area contributed by atoms with Gasteiger partial charge in [-0.2, -0.15) is 0 Å². The molecule has 0 rings (SSSR count). The molecule has 1 N–H and O–H groups in total. The Balaban J connectivity index is 4.17. The molecule has 0 aromatic carbocycles. The van der Waals surface area contributed by atoms with Crippen molar-refractivity contribution in [3.63, 3.8) is 0 Å². The molecular weight excluding hydrogens is 811 g/mol. The standard InChI is InChI=1S/C57H107NO7/c1-6-8-10-12-14-16-18-20-22-24-26-27-28-29-30-32-34-36-38-40-42-44-46-48-56(60)65-53(51-63-50-49-54(57(61)62)58(3,4)5)52-64-55(59)47-45-43-41-39-37-35-33-31-25-23-21-19-17-15-13-11-9-7-2/h23,25,31,33,53-54H,6-22,24,26-30,32,34-52H2,1-5H3/p+1/b25-23+,33-31+. The number of likely N-dealkylation sites (N-methyl/N-ethyl adjacent to an activating group) is 1. The maximum atomic E-state index is 12.8. The maximum absolute atomic E-state index is 12.8. The van der Waals surface area contributed by atoms with E-state index in [1.807, 2.05) is 21.1 Å². The van der Waals surface area contributed by atoms with E-state index in [9.17, 15) is 19.5 Å². The van der Waals surface area contributed by atoms with Crippen molar-refractivity contribution in [2.75, 3.05) is 41.0 Å². The number of carbonyl (C=O) groups is 3. The smallest absolute Gasteiger partial charge is 0.362 e. The Labute approximate surface area is 402 Å². The summed E-state index contributed by atoms with van der Waals surface area (Å²) >= 11 is 0. The molecule has 0 aliphatic carbocycles. The van der Waals surface area contributed by atoms with Crippen LogP contribution in [-0.2, 0) is 28.6 Å². The number of nitrogens with zero attached hydrogens (tertiary/aromatic N) is 1. The lowest BCUT2D eigenvalue weighted by Crippen LogP contribution is -2.50. The first-order chi connectivity index (χ1) is 31.6. The molecule has 0 radical (unpaired) electrons. The third-order valence-corrected chi connectivity index (χ3v) is 12.9. The molecule has 2 atom stereocenters. The molecule has 0 amide bonds. The first kappa shape index (κ1) is 62.8. The number of quaternary nitrogens is 1. The molecule has 0 saturated heterocycles. The summed E-state index contributed by atoms with van der Waals surface area (Å²) in [6.45, 7) is 4.77. The van der Waals surface area contributed by atoms with E-state index in [-0.39, 0.29) is 36.2 Å². The summed E-state index contributed by atoms with van der Waals surface area (Å²) in [5, 5.41) is 9.67. The second-order valence-electron chi connectivity index (χ2n) is 20.2. The number of rotatable bonds is 51. The first-order valence-corrected chi connectivity index (χ1v) is 27.9. The number of unbranched alkanes of at least 4 members (excludes halogenated alkanes) is 34. The number of allylic oxidation sites excluding steroid dienone is 4. The minimum absolute atomic E-state index is 0.0541. The third-order valence-electron chi connectivity index (χ3n) is 12.9. The van der Waals surface area contributed by atoms with Crippen LogP contribution in [0.4, 0.5) is 0 Å². The van der Waals surface area contributed by atoms with Crippen molar-refractivity contribution in [3.8, 4) is 0 Å². The zero-order valence-corrected chi connectivity index (χ0v) is 43.7. The fourth-order valence-corrected chi connectivity index (χ4v) is 8.56. The molecule has 0 aromatic heterocycles. The monoisotopic (exact) mass is 919 g/mol. The normalized spacial score (nSPS) is 12.9. The predicted molar refractivity (Wildman–Crippen MR) is 275 cm³/mol. The summed E-state index contributed by atoms with van der Waals surface area (Å²) in [6, 6.07) is -0.615. The minimum Gasteiger partial charge on any atom is -0.477 e. The fraction of sp³-hybridized carbons (Fsp3) is 0.877. The largest absolute Gasteiger partial charge is 0.477 e. The van der Waals surface area contributed by atoms with Gasteiger partial charge in [0, 0.05) is 19.3 Å². The van der Waals surface area contributed by atoms with Crippen LogP contribution in [-0.4, -0.2) is 80.6 Å². The Kier molecular flexibility index (Phi) is 46.6. The molecule has 0 aliphatic heterocycles. The van der Waals surface area contributed by atoms with Gasteiger partial charge in [-0.3, -0.25) is 9.59 Å². The van der Waals surface area contributed by atoms with Crippen molar-refractivity contribution in [2.24, 2.45) is 0 Å². The van der Waals surface area contributed by atoms with Crippen molar-refractivity contribution >= 4 is 17.9 Å². The zero-order chi connectivity index (χ0) is 47.7. The molecule has 8 nitrogen and oxygen atoms in total. The molecule has 0 spiro atoms. The number of carboxylic acid groups (broad SMARTS) is 1. The number of hydrogen-bond acceptors (Lipinski definition) is 6. The van der Waals surface area contributed by atoms with Gasteiger partial charge in [0.05, 0.1) is 34.4 Å².